The molecule has 0 atom stereocenters. The van der Waals surface area contributed by atoms with Gasteiger partial charge in [-0.3, -0.25) is 0 Å². The Kier molecular flexibility index (Phi) is 4.37. The molecule has 1 saturated carbocycles. The van der Waals surface area contributed by atoms with Crippen LogP contribution < -0.4 is 0 Å². The Morgan fingerprint density at radius 1 is 0.950 bits per heavy atom. The maximum atomic E-state index is 2.51. The van der Waals surface area contributed by atoms with Gasteiger partial charge in [-0.2, -0.15) is 0 Å². The summed E-state index contributed by atoms with van der Waals surface area (Å²) in [7, 11) is 2.27. The molecule has 2 aromatic rings. The van der Waals surface area contributed by atoms with E-state index in [4.69, 9.17) is 0 Å². The largest absolute Gasteiger partial charge is 0.302 e. The third-order valence-corrected chi connectivity index (χ3v) is 4.61. The zero-order valence-electron chi connectivity index (χ0n) is 12.5. The highest BCUT2D eigenvalue weighted by atomic mass is 15.1. The van der Waals surface area contributed by atoms with Gasteiger partial charge in [0.05, 0.1) is 0 Å². The van der Waals surface area contributed by atoms with Crippen molar-refractivity contribution in [2.75, 3.05) is 13.6 Å². The van der Waals surface area contributed by atoms with Crippen LogP contribution >= 0.6 is 0 Å². The third-order valence-electron chi connectivity index (χ3n) is 4.61. The van der Waals surface area contributed by atoms with Crippen LogP contribution in [0.25, 0.3) is 10.8 Å². The summed E-state index contributed by atoms with van der Waals surface area (Å²) in [5.41, 5.74) is 1.46. The van der Waals surface area contributed by atoms with Crippen LogP contribution in [-0.4, -0.2) is 18.5 Å². The fourth-order valence-electron chi connectivity index (χ4n) is 3.60. The SMILES string of the molecule is CN(Cc1cccc2ccccc12)CC1CCCCC1. The molecule has 0 spiro atoms. The molecule has 0 aliphatic heterocycles. The first-order valence-corrected chi connectivity index (χ1v) is 7.98. The van der Waals surface area contributed by atoms with E-state index in [-0.39, 0.29) is 0 Å². The Morgan fingerprint density at radius 3 is 2.55 bits per heavy atom. The van der Waals surface area contributed by atoms with Crippen molar-refractivity contribution in [1.82, 2.24) is 4.90 Å². The van der Waals surface area contributed by atoms with E-state index in [1.807, 2.05) is 0 Å². The Bertz CT molecular complexity index is 549. The third kappa shape index (κ3) is 3.21. The maximum absolute atomic E-state index is 2.51. The summed E-state index contributed by atoms with van der Waals surface area (Å²) in [5.74, 6) is 0.920. The van der Waals surface area contributed by atoms with Crippen molar-refractivity contribution < 1.29 is 0 Å². The van der Waals surface area contributed by atoms with Gasteiger partial charge < -0.3 is 4.90 Å². The van der Waals surface area contributed by atoms with Crippen LogP contribution in [0.4, 0.5) is 0 Å². The molecular weight excluding hydrogens is 242 g/mol. The minimum absolute atomic E-state index is 0.920. The first kappa shape index (κ1) is 13.6. The fraction of sp³-hybridized carbons (Fsp3) is 0.474. The Labute approximate surface area is 122 Å². The first-order chi connectivity index (χ1) is 9.83. The van der Waals surface area contributed by atoms with Crippen molar-refractivity contribution in [2.24, 2.45) is 5.92 Å². The average Bonchev–Trinajstić information content (AvgIpc) is 2.48. The zero-order valence-corrected chi connectivity index (χ0v) is 12.5. The van der Waals surface area contributed by atoms with E-state index in [0.29, 0.717) is 0 Å². The van der Waals surface area contributed by atoms with Crippen molar-refractivity contribution in [3.8, 4) is 0 Å². The lowest BCUT2D eigenvalue weighted by Crippen LogP contribution is -2.26. The minimum atomic E-state index is 0.920. The molecule has 20 heavy (non-hydrogen) atoms. The second-order valence-corrected chi connectivity index (χ2v) is 6.34. The molecule has 0 radical (unpaired) electrons. The molecule has 1 heteroatoms. The summed E-state index contributed by atoms with van der Waals surface area (Å²) in [6, 6.07) is 15.4. The molecular formula is C19H25N. The van der Waals surface area contributed by atoms with Crippen LogP contribution in [0.15, 0.2) is 42.5 Å². The molecule has 2 aromatic carbocycles. The van der Waals surface area contributed by atoms with Gasteiger partial charge in [0.15, 0.2) is 0 Å². The summed E-state index contributed by atoms with van der Waals surface area (Å²) in [4.78, 5) is 2.51. The lowest BCUT2D eigenvalue weighted by atomic mass is 9.89. The predicted molar refractivity (Wildman–Crippen MR) is 86.9 cm³/mol. The van der Waals surface area contributed by atoms with Gasteiger partial charge in [0, 0.05) is 13.1 Å². The second kappa shape index (κ2) is 6.41. The van der Waals surface area contributed by atoms with Gasteiger partial charge in [-0.1, -0.05) is 61.7 Å². The molecule has 0 bridgehead atoms. The normalized spacial score (nSPS) is 16.9. The lowest BCUT2D eigenvalue weighted by molar-refractivity contribution is 0.228. The number of hydrogen-bond acceptors (Lipinski definition) is 1. The van der Waals surface area contributed by atoms with Gasteiger partial charge in [0.1, 0.15) is 0 Å². The van der Waals surface area contributed by atoms with Crippen LogP contribution in [-0.2, 0) is 6.54 Å². The number of hydrogen-bond donors (Lipinski definition) is 0. The van der Waals surface area contributed by atoms with E-state index in [2.05, 4.69) is 54.4 Å². The van der Waals surface area contributed by atoms with Crippen LogP contribution in [0.3, 0.4) is 0 Å². The van der Waals surface area contributed by atoms with Gasteiger partial charge in [0.25, 0.3) is 0 Å². The molecule has 0 heterocycles. The number of fused-ring (bicyclic) bond motifs is 1. The molecule has 0 aromatic heterocycles. The van der Waals surface area contributed by atoms with E-state index < -0.39 is 0 Å². The molecule has 0 unspecified atom stereocenters. The summed E-state index contributed by atoms with van der Waals surface area (Å²) in [6.07, 6.45) is 7.18. The summed E-state index contributed by atoms with van der Waals surface area (Å²) in [5, 5.41) is 2.77. The fourth-order valence-corrected chi connectivity index (χ4v) is 3.60. The van der Waals surface area contributed by atoms with Crippen molar-refractivity contribution in [3.05, 3.63) is 48.0 Å². The quantitative estimate of drug-likeness (QED) is 0.765. The van der Waals surface area contributed by atoms with Crippen LogP contribution in [0.5, 0.6) is 0 Å². The van der Waals surface area contributed by atoms with Crippen LogP contribution in [0.2, 0.25) is 0 Å². The van der Waals surface area contributed by atoms with Crippen LogP contribution in [0, 0.1) is 5.92 Å². The number of rotatable bonds is 4. The maximum Gasteiger partial charge on any atom is 0.0236 e. The molecule has 1 aliphatic carbocycles. The molecule has 1 fully saturated rings. The molecule has 0 N–H and O–H groups in total. The smallest absolute Gasteiger partial charge is 0.0236 e. The summed E-state index contributed by atoms with van der Waals surface area (Å²) >= 11 is 0. The molecule has 1 nitrogen and oxygen atoms in total. The van der Waals surface area contributed by atoms with Crippen LogP contribution in [0.1, 0.15) is 37.7 Å². The molecule has 0 amide bonds. The lowest BCUT2D eigenvalue weighted by Gasteiger charge is -2.27. The van der Waals surface area contributed by atoms with E-state index in [1.54, 1.807) is 0 Å². The average molecular weight is 267 g/mol. The van der Waals surface area contributed by atoms with Gasteiger partial charge >= 0.3 is 0 Å². The highest BCUT2D eigenvalue weighted by molar-refractivity contribution is 5.85. The summed E-state index contributed by atoms with van der Waals surface area (Å²) < 4.78 is 0. The van der Waals surface area contributed by atoms with Gasteiger partial charge in [-0.15, -0.1) is 0 Å². The standard InChI is InChI=1S/C19H25N/c1-20(14-16-8-3-2-4-9-16)15-18-12-7-11-17-10-5-6-13-19(17)18/h5-7,10-13,16H,2-4,8-9,14-15H2,1H3. The molecule has 0 saturated heterocycles. The van der Waals surface area contributed by atoms with E-state index >= 15 is 0 Å². The van der Waals surface area contributed by atoms with Gasteiger partial charge in [0.2, 0.25) is 0 Å². The van der Waals surface area contributed by atoms with E-state index in [9.17, 15) is 0 Å². The number of nitrogens with zero attached hydrogens (tertiary/aromatic N) is 1. The highest BCUT2D eigenvalue weighted by Crippen LogP contribution is 2.25. The Morgan fingerprint density at radius 2 is 1.70 bits per heavy atom. The van der Waals surface area contributed by atoms with Crippen molar-refractivity contribution in [1.29, 1.82) is 0 Å². The molecule has 3 rings (SSSR count). The topological polar surface area (TPSA) is 3.24 Å². The molecule has 106 valence electrons. The monoisotopic (exact) mass is 267 g/mol. The van der Waals surface area contributed by atoms with Crippen molar-refractivity contribution in [3.63, 3.8) is 0 Å². The first-order valence-electron chi connectivity index (χ1n) is 7.98. The highest BCUT2D eigenvalue weighted by Gasteiger charge is 2.15. The van der Waals surface area contributed by atoms with Gasteiger partial charge in [-0.05, 0) is 42.1 Å². The van der Waals surface area contributed by atoms with E-state index in [0.717, 1.165) is 12.5 Å². The Balaban J connectivity index is 1.69. The minimum Gasteiger partial charge on any atom is -0.302 e. The summed E-state index contributed by atoms with van der Waals surface area (Å²) in [6.45, 7) is 2.32. The zero-order chi connectivity index (χ0) is 13.8. The predicted octanol–water partition coefficient (Wildman–Crippen LogP) is 4.85. The van der Waals surface area contributed by atoms with Gasteiger partial charge in [-0.25, -0.2) is 0 Å². The number of benzene rings is 2. The van der Waals surface area contributed by atoms with Crippen molar-refractivity contribution in [2.45, 2.75) is 38.6 Å². The molecule has 1 aliphatic rings. The Hall–Kier alpha value is -1.34. The second-order valence-electron chi connectivity index (χ2n) is 6.34. The van der Waals surface area contributed by atoms with E-state index in [1.165, 1.54) is 55.0 Å². The van der Waals surface area contributed by atoms with Crippen molar-refractivity contribution >= 4 is 10.8 Å².